The molecule has 1 aliphatic heterocycles. The van der Waals surface area contributed by atoms with Gasteiger partial charge in [-0.3, -0.25) is 4.90 Å². The van der Waals surface area contributed by atoms with E-state index < -0.39 is 0 Å². The Morgan fingerprint density at radius 1 is 1.27 bits per heavy atom. The highest BCUT2D eigenvalue weighted by Crippen LogP contribution is 2.21. The Hall–Kier alpha value is -0.530. The minimum Gasteiger partial charge on any atom is -0.299 e. The molecule has 1 nitrogen and oxygen atoms in total. The summed E-state index contributed by atoms with van der Waals surface area (Å²) in [6, 6.07) is 8.15. The third-order valence-electron chi connectivity index (χ3n) is 3.23. The van der Waals surface area contributed by atoms with E-state index >= 15 is 0 Å². The molecule has 0 bridgehead atoms. The molecule has 0 aromatic heterocycles. The van der Waals surface area contributed by atoms with Gasteiger partial charge in [-0.1, -0.05) is 36.7 Å². The molecule has 0 saturated carbocycles. The van der Waals surface area contributed by atoms with Crippen LogP contribution < -0.4 is 0 Å². The number of piperidine rings is 1. The monoisotopic (exact) mass is 223 g/mol. The summed E-state index contributed by atoms with van der Waals surface area (Å²) in [5.41, 5.74) is 1.26. The van der Waals surface area contributed by atoms with Gasteiger partial charge in [0.05, 0.1) is 0 Å². The number of halogens is 1. The third kappa shape index (κ3) is 2.96. The van der Waals surface area contributed by atoms with Crippen molar-refractivity contribution in [1.82, 2.24) is 4.90 Å². The first-order chi connectivity index (χ1) is 7.25. The maximum Gasteiger partial charge on any atom is 0.0451 e. The second kappa shape index (κ2) is 5.00. The first-order valence-corrected chi connectivity index (χ1v) is 6.09. The molecule has 15 heavy (non-hydrogen) atoms. The largest absolute Gasteiger partial charge is 0.299 e. The summed E-state index contributed by atoms with van der Waals surface area (Å²) in [5.74, 6) is 0.896. The van der Waals surface area contributed by atoms with Crippen LogP contribution in [0.15, 0.2) is 24.3 Å². The molecule has 0 N–H and O–H groups in total. The molecule has 0 aliphatic carbocycles. The highest BCUT2D eigenvalue weighted by atomic mass is 35.5. The number of nitrogens with zero attached hydrogens (tertiary/aromatic N) is 1. The minimum absolute atomic E-state index is 0.896. The first-order valence-electron chi connectivity index (χ1n) is 5.71. The summed E-state index contributed by atoms with van der Waals surface area (Å²) in [6.45, 7) is 5.78. The SMILES string of the molecule is CC1CCN(Cc2ccccc2Cl)CC1. The lowest BCUT2D eigenvalue weighted by Gasteiger charge is -2.30. The molecule has 0 unspecified atom stereocenters. The van der Waals surface area contributed by atoms with Gasteiger partial charge in [0.1, 0.15) is 0 Å². The molecule has 0 atom stereocenters. The van der Waals surface area contributed by atoms with Crippen LogP contribution in [0.2, 0.25) is 5.02 Å². The predicted molar refractivity (Wildman–Crippen MR) is 65.1 cm³/mol. The van der Waals surface area contributed by atoms with Crippen LogP contribution in [0.25, 0.3) is 0 Å². The van der Waals surface area contributed by atoms with Crippen molar-refractivity contribution in [1.29, 1.82) is 0 Å². The molecular formula is C13H18ClN. The number of rotatable bonds is 2. The Morgan fingerprint density at radius 3 is 2.60 bits per heavy atom. The number of hydrogen-bond donors (Lipinski definition) is 0. The van der Waals surface area contributed by atoms with Crippen molar-refractivity contribution in [2.24, 2.45) is 5.92 Å². The molecular weight excluding hydrogens is 206 g/mol. The fourth-order valence-corrected chi connectivity index (χ4v) is 2.28. The van der Waals surface area contributed by atoms with E-state index in [1.165, 1.54) is 31.5 Å². The van der Waals surface area contributed by atoms with Crippen molar-refractivity contribution in [2.75, 3.05) is 13.1 Å². The Labute approximate surface area is 97.0 Å². The van der Waals surface area contributed by atoms with E-state index in [9.17, 15) is 0 Å². The van der Waals surface area contributed by atoms with Gasteiger partial charge in [-0.05, 0) is 43.5 Å². The molecule has 1 aromatic rings. The van der Waals surface area contributed by atoms with Gasteiger partial charge >= 0.3 is 0 Å². The third-order valence-corrected chi connectivity index (χ3v) is 3.60. The van der Waals surface area contributed by atoms with E-state index in [0.29, 0.717) is 0 Å². The minimum atomic E-state index is 0.896. The van der Waals surface area contributed by atoms with Crippen LogP contribution in [0.1, 0.15) is 25.3 Å². The number of likely N-dealkylation sites (tertiary alicyclic amines) is 1. The van der Waals surface area contributed by atoms with Crippen molar-refractivity contribution in [3.05, 3.63) is 34.9 Å². The molecule has 82 valence electrons. The molecule has 0 amide bonds. The van der Waals surface area contributed by atoms with Crippen LogP contribution in [0, 0.1) is 5.92 Å². The van der Waals surface area contributed by atoms with Gasteiger partial charge < -0.3 is 0 Å². The van der Waals surface area contributed by atoms with E-state index in [0.717, 1.165) is 17.5 Å². The highest BCUT2D eigenvalue weighted by Gasteiger charge is 2.16. The lowest BCUT2D eigenvalue weighted by molar-refractivity contribution is 0.185. The summed E-state index contributed by atoms with van der Waals surface area (Å²) in [7, 11) is 0. The van der Waals surface area contributed by atoms with Crippen molar-refractivity contribution in [3.63, 3.8) is 0 Å². The van der Waals surface area contributed by atoms with Crippen LogP contribution in [-0.2, 0) is 6.54 Å². The predicted octanol–water partition coefficient (Wildman–Crippen LogP) is 3.57. The molecule has 2 heteroatoms. The topological polar surface area (TPSA) is 3.24 Å². The van der Waals surface area contributed by atoms with Crippen LogP contribution in [0.5, 0.6) is 0 Å². The van der Waals surface area contributed by atoms with Crippen LogP contribution in [-0.4, -0.2) is 18.0 Å². The van der Waals surface area contributed by atoms with Gasteiger partial charge in [0.2, 0.25) is 0 Å². The lowest BCUT2D eigenvalue weighted by Crippen LogP contribution is -2.32. The molecule has 0 radical (unpaired) electrons. The van der Waals surface area contributed by atoms with Gasteiger partial charge in [-0.2, -0.15) is 0 Å². The summed E-state index contributed by atoms with van der Waals surface area (Å²) >= 11 is 6.15. The quantitative estimate of drug-likeness (QED) is 0.741. The van der Waals surface area contributed by atoms with E-state index in [1.807, 2.05) is 12.1 Å². The van der Waals surface area contributed by atoms with E-state index in [1.54, 1.807) is 0 Å². The second-order valence-corrected chi connectivity index (χ2v) is 4.96. The summed E-state index contributed by atoms with van der Waals surface area (Å²) < 4.78 is 0. The zero-order valence-electron chi connectivity index (χ0n) is 9.25. The van der Waals surface area contributed by atoms with E-state index in [4.69, 9.17) is 11.6 Å². The van der Waals surface area contributed by atoms with Gasteiger partial charge in [0.15, 0.2) is 0 Å². The summed E-state index contributed by atoms with van der Waals surface area (Å²) in [5, 5.41) is 0.899. The summed E-state index contributed by atoms with van der Waals surface area (Å²) in [6.07, 6.45) is 2.65. The lowest BCUT2D eigenvalue weighted by atomic mass is 9.99. The standard InChI is InChI=1S/C13H18ClN/c1-11-6-8-15(9-7-11)10-12-4-2-3-5-13(12)14/h2-5,11H,6-10H2,1H3. The van der Waals surface area contributed by atoms with Crippen molar-refractivity contribution in [2.45, 2.75) is 26.3 Å². The Kier molecular flexibility index (Phi) is 3.66. The number of hydrogen-bond acceptors (Lipinski definition) is 1. The zero-order chi connectivity index (χ0) is 10.7. The van der Waals surface area contributed by atoms with Crippen molar-refractivity contribution < 1.29 is 0 Å². The average molecular weight is 224 g/mol. The zero-order valence-corrected chi connectivity index (χ0v) is 10.0. The summed E-state index contributed by atoms with van der Waals surface area (Å²) in [4.78, 5) is 2.50. The maximum absolute atomic E-state index is 6.15. The van der Waals surface area contributed by atoms with Crippen LogP contribution >= 0.6 is 11.6 Å². The van der Waals surface area contributed by atoms with Gasteiger partial charge in [0, 0.05) is 11.6 Å². The fraction of sp³-hybridized carbons (Fsp3) is 0.538. The Balaban J connectivity index is 1.95. The fourth-order valence-electron chi connectivity index (χ4n) is 2.09. The van der Waals surface area contributed by atoms with Gasteiger partial charge in [-0.15, -0.1) is 0 Å². The van der Waals surface area contributed by atoms with E-state index in [2.05, 4.69) is 24.0 Å². The molecule has 1 fully saturated rings. The number of benzene rings is 1. The van der Waals surface area contributed by atoms with Crippen LogP contribution in [0.3, 0.4) is 0 Å². The van der Waals surface area contributed by atoms with Gasteiger partial charge in [-0.25, -0.2) is 0 Å². The molecule has 2 rings (SSSR count). The van der Waals surface area contributed by atoms with Crippen LogP contribution in [0.4, 0.5) is 0 Å². The van der Waals surface area contributed by atoms with Gasteiger partial charge in [0.25, 0.3) is 0 Å². The molecule has 1 aliphatic rings. The Bertz CT molecular complexity index is 316. The molecule has 0 spiro atoms. The maximum atomic E-state index is 6.15. The van der Waals surface area contributed by atoms with E-state index in [-0.39, 0.29) is 0 Å². The second-order valence-electron chi connectivity index (χ2n) is 4.55. The first kappa shape index (κ1) is 11.0. The molecule has 1 aromatic carbocycles. The smallest absolute Gasteiger partial charge is 0.0451 e. The molecule has 1 heterocycles. The Morgan fingerprint density at radius 2 is 1.93 bits per heavy atom. The normalized spacial score (nSPS) is 19.3. The van der Waals surface area contributed by atoms with Crippen molar-refractivity contribution in [3.8, 4) is 0 Å². The van der Waals surface area contributed by atoms with Crippen molar-refractivity contribution >= 4 is 11.6 Å². The average Bonchev–Trinajstić information content (AvgIpc) is 2.25. The highest BCUT2D eigenvalue weighted by molar-refractivity contribution is 6.31. The molecule has 1 saturated heterocycles.